The minimum Gasteiger partial charge on any atom is -0.266 e. The summed E-state index contributed by atoms with van der Waals surface area (Å²) in [5.74, 6) is -0.909. The van der Waals surface area contributed by atoms with Gasteiger partial charge in [0.1, 0.15) is 0 Å². The van der Waals surface area contributed by atoms with Crippen LogP contribution in [-0.4, -0.2) is 11.9 Å². The van der Waals surface area contributed by atoms with Crippen LogP contribution in [0.5, 0.6) is 0 Å². The maximum atomic E-state index is 12.4. The Balaban J connectivity index is 4.57. The first-order chi connectivity index (χ1) is 11.0. The van der Waals surface area contributed by atoms with E-state index in [0.717, 1.165) is 25.7 Å². The van der Waals surface area contributed by atoms with Crippen LogP contribution in [0.15, 0.2) is 0 Å². The van der Waals surface area contributed by atoms with Gasteiger partial charge in [0.2, 0.25) is 0 Å². The molecule has 0 saturated carbocycles. The molecule has 0 fully saturated rings. The summed E-state index contributed by atoms with van der Waals surface area (Å²) in [5, 5.41) is 8.48. The lowest BCUT2D eigenvalue weighted by atomic mass is 9.62. The molecule has 1 atom stereocenters. The van der Waals surface area contributed by atoms with Gasteiger partial charge in [-0.1, -0.05) is 54.4 Å². The van der Waals surface area contributed by atoms with E-state index in [9.17, 15) is 9.59 Å². The quantitative estimate of drug-likeness (QED) is 0.305. The molecule has 1 unspecified atom stereocenters. The van der Waals surface area contributed by atoms with Crippen LogP contribution in [0.1, 0.15) is 81.1 Å². The van der Waals surface area contributed by atoms with Gasteiger partial charge in [-0.2, -0.15) is 0 Å². The van der Waals surface area contributed by atoms with Crippen LogP contribution in [0.2, 0.25) is 0 Å². The zero-order valence-corrected chi connectivity index (χ0v) is 16.4. The Hall–Kier alpha value is -1.14. The molecule has 0 aromatic heterocycles. The molecule has 142 valence electrons. The third-order valence-corrected chi connectivity index (χ3v) is 5.03. The summed E-state index contributed by atoms with van der Waals surface area (Å²) >= 11 is 0. The summed E-state index contributed by atoms with van der Waals surface area (Å²) in [5.41, 5.74) is -1.01. The van der Waals surface area contributed by atoms with Crippen LogP contribution in [0, 0.1) is 22.7 Å². The summed E-state index contributed by atoms with van der Waals surface area (Å²) in [6.07, 6.45) is 3.90. The Labute approximate surface area is 146 Å². The average molecular weight is 346 g/mol. The van der Waals surface area contributed by atoms with Crippen molar-refractivity contribution < 1.29 is 29.4 Å². The van der Waals surface area contributed by atoms with Crippen molar-refractivity contribution in [3.8, 4) is 0 Å². The molecule has 6 nitrogen and oxygen atoms in total. The van der Waals surface area contributed by atoms with Crippen molar-refractivity contribution in [3.63, 3.8) is 0 Å². The number of hydrogen-bond acceptors (Lipinski definition) is 6. The normalized spacial score (nSPS) is 14.6. The van der Waals surface area contributed by atoms with Gasteiger partial charge < -0.3 is 0 Å². The molecule has 0 aromatic carbocycles. The molecule has 0 heterocycles. The average Bonchev–Trinajstić information content (AvgIpc) is 2.49. The third kappa shape index (κ3) is 6.77. The van der Waals surface area contributed by atoms with E-state index in [0.29, 0.717) is 5.92 Å². The summed E-state index contributed by atoms with van der Waals surface area (Å²) < 4.78 is 0. The van der Waals surface area contributed by atoms with Crippen molar-refractivity contribution in [2.75, 3.05) is 0 Å². The maximum absolute atomic E-state index is 12.4. The summed E-state index contributed by atoms with van der Waals surface area (Å²) in [7, 11) is 0. The standard InChI is InChI=1S/C18H34O6/c1-9-18(8,12-10-11-13(2)3)17(6,7)16(20)22-24-23-21-15(19)14(4)5/h13-14H,9-12H2,1-8H3. The molecule has 0 bridgehead atoms. The van der Waals surface area contributed by atoms with Crippen molar-refractivity contribution in [1.82, 2.24) is 0 Å². The second-order valence-corrected chi connectivity index (χ2v) is 7.89. The highest BCUT2D eigenvalue weighted by molar-refractivity contribution is 5.76. The van der Waals surface area contributed by atoms with E-state index in [1.54, 1.807) is 13.8 Å². The summed E-state index contributed by atoms with van der Waals surface area (Å²) in [6.45, 7) is 15.5. The molecular weight excluding hydrogens is 312 g/mol. The molecule has 0 spiro atoms. The fourth-order valence-corrected chi connectivity index (χ4v) is 2.37. The first-order valence-corrected chi connectivity index (χ1v) is 8.74. The van der Waals surface area contributed by atoms with Gasteiger partial charge in [0, 0.05) is 10.1 Å². The van der Waals surface area contributed by atoms with Gasteiger partial charge in [-0.15, -0.1) is 0 Å². The summed E-state index contributed by atoms with van der Waals surface area (Å²) in [4.78, 5) is 32.6. The minimum atomic E-state index is -0.774. The first kappa shape index (κ1) is 22.9. The van der Waals surface area contributed by atoms with E-state index < -0.39 is 17.4 Å². The Bertz CT molecular complexity index is 402. The fraction of sp³-hybridized carbons (Fsp3) is 0.889. The lowest BCUT2D eigenvalue weighted by Crippen LogP contribution is -2.42. The van der Waals surface area contributed by atoms with Crippen molar-refractivity contribution in [1.29, 1.82) is 0 Å². The predicted octanol–water partition coefficient (Wildman–Crippen LogP) is 4.78. The zero-order chi connectivity index (χ0) is 19.0. The summed E-state index contributed by atoms with van der Waals surface area (Å²) in [6, 6.07) is 0. The molecule has 24 heavy (non-hydrogen) atoms. The highest BCUT2D eigenvalue weighted by Crippen LogP contribution is 2.46. The van der Waals surface area contributed by atoms with Gasteiger partial charge in [-0.3, -0.25) is 9.78 Å². The van der Waals surface area contributed by atoms with E-state index in [4.69, 9.17) is 0 Å². The molecule has 0 amide bonds. The van der Waals surface area contributed by atoms with Crippen LogP contribution in [-0.2, 0) is 29.4 Å². The van der Waals surface area contributed by atoms with Gasteiger partial charge in [-0.25, -0.2) is 9.59 Å². The number of hydrogen-bond donors (Lipinski definition) is 0. The Morgan fingerprint density at radius 2 is 1.50 bits per heavy atom. The Kier molecular flexibility index (Phi) is 9.51. The molecule has 0 rings (SSSR count). The van der Waals surface area contributed by atoms with E-state index in [2.05, 4.69) is 47.5 Å². The fourth-order valence-electron chi connectivity index (χ4n) is 2.37. The Morgan fingerprint density at radius 3 is 1.96 bits per heavy atom. The second kappa shape index (κ2) is 9.99. The van der Waals surface area contributed by atoms with Crippen LogP contribution in [0.3, 0.4) is 0 Å². The van der Waals surface area contributed by atoms with Crippen LogP contribution < -0.4 is 0 Å². The van der Waals surface area contributed by atoms with Gasteiger partial charge in [0.15, 0.2) is 0 Å². The smallest absolute Gasteiger partial charge is 0.266 e. The Morgan fingerprint density at radius 1 is 0.958 bits per heavy atom. The minimum absolute atomic E-state index is 0.239. The molecule has 0 saturated heterocycles. The number of carbonyl (C=O) groups is 2. The molecule has 0 aliphatic heterocycles. The highest BCUT2D eigenvalue weighted by Gasteiger charge is 2.47. The van der Waals surface area contributed by atoms with Crippen LogP contribution in [0.25, 0.3) is 0 Å². The second-order valence-electron chi connectivity index (χ2n) is 7.89. The van der Waals surface area contributed by atoms with Crippen molar-refractivity contribution in [2.45, 2.75) is 81.1 Å². The SMILES string of the molecule is CCC(C)(CCCC(C)C)C(C)(C)C(=O)OOOOC(=O)C(C)C. The van der Waals surface area contributed by atoms with E-state index in [1.807, 2.05) is 13.8 Å². The van der Waals surface area contributed by atoms with Crippen molar-refractivity contribution in [2.24, 2.45) is 22.7 Å². The van der Waals surface area contributed by atoms with E-state index >= 15 is 0 Å². The molecule has 0 aliphatic carbocycles. The lowest BCUT2D eigenvalue weighted by Gasteiger charge is -2.41. The van der Waals surface area contributed by atoms with Gasteiger partial charge >= 0.3 is 11.9 Å². The highest BCUT2D eigenvalue weighted by atomic mass is 17.7. The topological polar surface area (TPSA) is 71.1 Å². The molecular formula is C18H34O6. The molecule has 0 radical (unpaired) electrons. The van der Waals surface area contributed by atoms with Gasteiger partial charge in [0.05, 0.1) is 11.3 Å². The van der Waals surface area contributed by atoms with Crippen LogP contribution >= 0.6 is 0 Å². The number of carbonyl (C=O) groups excluding carboxylic acids is 2. The van der Waals surface area contributed by atoms with Crippen LogP contribution in [0.4, 0.5) is 0 Å². The molecule has 0 N–H and O–H groups in total. The third-order valence-electron chi connectivity index (χ3n) is 5.03. The van der Waals surface area contributed by atoms with E-state index in [1.165, 1.54) is 0 Å². The largest absolute Gasteiger partial charge is 0.351 e. The molecule has 0 aromatic rings. The van der Waals surface area contributed by atoms with Crippen molar-refractivity contribution in [3.05, 3.63) is 0 Å². The molecule has 0 aliphatic rings. The lowest BCUT2D eigenvalue weighted by molar-refractivity contribution is -0.602. The van der Waals surface area contributed by atoms with Gasteiger partial charge in [0.25, 0.3) is 0 Å². The monoisotopic (exact) mass is 346 g/mol. The number of rotatable bonds is 11. The molecule has 6 heteroatoms. The van der Waals surface area contributed by atoms with Gasteiger partial charge in [-0.05, 0) is 38.0 Å². The van der Waals surface area contributed by atoms with E-state index in [-0.39, 0.29) is 11.3 Å². The zero-order valence-electron chi connectivity index (χ0n) is 16.4. The van der Waals surface area contributed by atoms with Crippen molar-refractivity contribution >= 4 is 11.9 Å². The first-order valence-electron chi connectivity index (χ1n) is 8.74. The maximum Gasteiger partial charge on any atom is 0.351 e. The predicted molar refractivity (Wildman–Crippen MR) is 90.1 cm³/mol.